The van der Waals surface area contributed by atoms with Gasteiger partial charge in [0.05, 0.1) is 0 Å². The maximum atomic E-state index is 4.94. The van der Waals surface area contributed by atoms with Gasteiger partial charge in [-0.3, -0.25) is 0 Å². The van der Waals surface area contributed by atoms with Crippen LogP contribution in [0.25, 0.3) is 0 Å². The van der Waals surface area contributed by atoms with Gasteiger partial charge < -0.3 is 12.2 Å². The van der Waals surface area contributed by atoms with Gasteiger partial charge in [-0.2, -0.15) is 0 Å². The monoisotopic (exact) mass is 456 g/mol. The molecule has 1 aliphatic heterocycles. The second kappa shape index (κ2) is 14.1. The van der Waals surface area contributed by atoms with E-state index in [2.05, 4.69) is 69.2 Å². The summed E-state index contributed by atoms with van der Waals surface area (Å²) < 4.78 is 4.94. The van der Waals surface area contributed by atoms with E-state index in [1.165, 1.54) is 12.8 Å². The van der Waals surface area contributed by atoms with Crippen molar-refractivity contribution < 1.29 is 37.4 Å². The maximum Gasteiger partial charge on any atom is 3.00 e. The van der Waals surface area contributed by atoms with Crippen molar-refractivity contribution in [2.75, 3.05) is 13.2 Å². The van der Waals surface area contributed by atoms with Crippen molar-refractivity contribution in [2.45, 2.75) is 82.1 Å². The largest absolute Gasteiger partial charge is 3.00 e. The van der Waals surface area contributed by atoms with Crippen LogP contribution >= 0.6 is 0 Å². The summed E-state index contributed by atoms with van der Waals surface area (Å²) in [6.45, 7) is 26.0. The predicted octanol–water partition coefficient (Wildman–Crippen LogP) is 7.61. The normalized spacial score (nSPS) is 45.6. The first kappa shape index (κ1) is 30.3. The molecule has 0 atom stereocenters. The molecule has 0 aromatic rings. The molecule has 2 aliphatic carbocycles. The summed E-state index contributed by atoms with van der Waals surface area (Å²) in [4.78, 5) is 0. The summed E-state index contributed by atoms with van der Waals surface area (Å²) in [6.07, 6.45) is 2.56. The second-order valence-corrected chi connectivity index (χ2v) is 9.91. The Morgan fingerprint density at radius 1 is 0.407 bits per heavy atom. The molecule has 2 saturated carbocycles. The molecule has 0 bridgehead atoms. The molecule has 0 N–H and O–H groups in total. The van der Waals surface area contributed by atoms with Gasteiger partial charge in [0.1, 0.15) is 0 Å². The SMILES string of the molecule is C1CCOC1.CC1C(C)C(C)C(C)C1C.CC1C(C)C(C)C(C)C1C.[CH3-].[Y+3]. The summed E-state index contributed by atoms with van der Waals surface area (Å²) in [7, 11) is 0. The van der Waals surface area contributed by atoms with Gasteiger partial charge in [-0.25, -0.2) is 0 Å². The third-order valence-electron chi connectivity index (χ3n) is 9.12. The Balaban J connectivity index is 0. The zero-order chi connectivity index (χ0) is 19.3. The van der Waals surface area contributed by atoms with Crippen LogP contribution in [0.4, 0.5) is 0 Å². The first-order valence-corrected chi connectivity index (χ1v) is 11.2. The summed E-state index contributed by atoms with van der Waals surface area (Å²) >= 11 is 0. The van der Waals surface area contributed by atoms with Gasteiger partial charge >= 0.3 is 32.7 Å². The Morgan fingerprint density at radius 3 is 0.630 bits per heavy atom. The second-order valence-electron chi connectivity index (χ2n) is 9.91. The smallest absolute Gasteiger partial charge is 0.381 e. The minimum absolute atomic E-state index is 0. The molecule has 0 amide bonds. The number of hydrogen-bond donors (Lipinski definition) is 0. The molecule has 0 aromatic heterocycles. The first-order chi connectivity index (χ1) is 11.6. The number of hydrogen-bond acceptors (Lipinski definition) is 1. The molecule has 1 nitrogen and oxygen atoms in total. The van der Waals surface area contributed by atoms with Gasteiger partial charge in [0, 0.05) is 13.2 Å². The Bertz CT molecular complexity index is 240. The molecule has 0 radical (unpaired) electrons. The quantitative estimate of drug-likeness (QED) is 0.341. The fourth-order valence-corrected chi connectivity index (χ4v) is 5.30. The molecule has 2 heteroatoms. The number of ether oxygens (including phenoxy) is 1. The molecule has 27 heavy (non-hydrogen) atoms. The standard InChI is InChI=1S/2C10H20.C4H8O.CH3.Y/c2*1-6-7(2)9(4)10(5)8(6)3;1-2-4-5-3-1;;/h2*6-10H,1-5H3;1-4H2;1H3;/q;;;-1;+3. The van der Waals surface area contributed by atoms with Crippen LogP contribution in [0.1, 0.15) is 82.1 Å². The van der Waals surface area contributed by atoms with Crippen molar-refractivity contribution in [3.8, 4) is 0 Å². The summed E-state index contributed by atoms with van der Waals surface area (Å²) in [5, 5.41) is 0. The van der Waals surface area contributed by atoms with Crippen LogP contribution in [0.5, 0.6) is 0 Å². The summed E-state index contributed by atoms with van der Waals surface area (Å²) in [5.41, 5.74) is 0. The van der Waals surface area contributed by atoms with E-state index in [1.807, 2.05) is 0 Å². The molecular weight excluding hydrogens is 405 g/mol. The molecule has 0 unspecified atom stereocenters. The zero-order valence-corrected chi connectivity index (χ0v) is 23.4. The van der Waals surface area contributed by atoms with Gasteiger partial charge in [-0.15, -0.1) is 0 Å². The van der Waals surface area contributed by atoms with Crippen molar-refractivity contribution in [3.63, 3.8) is 0 Å². The van der Waals surface area contributed by atoms with Crippen molar-refractivity contribution in [1.82, 2.24) is 0 Å². The molecule has 1 saturated heterocycles. The minimum Gasteiger partial charge on any atom is -0.381 e. The summed E-state index contributed by atoms with van der Waals surface area (Å²) in [5.74, 6) is 9.35. The fraction of sp³-hybridized carbons (Fsp3) is 0.960. The van der Waals surface area contributed by atoms with Gasteiger partial charge in [-0.1, -0.05) is 69.2 Å². The van der Waals surface area contributed by atoms with Crippen LogP contribution in [0.3, 0.4) is 0 Å². The molecule has 1 heterocycles. The van der Waals surface area contributed by atoms with E-state index in [-0.39, 0.29) is 40.1 Å². The van der Waals surface area contributed by atoms with E-state index < -0.39 is 0 Å². The Kier molecular flexibility index (Phi) is 15.8. The summed E-state index contributed by atoms with van der Waals surface area (Å²) in [6, 6.07) is 0. The van der Waals surface area contributed by atoms with Crippen LogP contribution in [0.15, 0.2) is 0 Å². The van der Waals surface area contributed by atoms with Gasteiger partial charge in [0.15, 0.2) is 0 Å². The van der Waals surface area contributed by atoms with E-state index in [1.54, 1.807) is 0 Å². The van der Waals surface area contributed by atoms with Crippen molar-refractivity contribution >= 4 is 0 Å². The van der Waals surface area contributed by atoms with Crippen LogP contribution in [0, 0.1) is 66.6 Å². The van der Waals surface area contributed by atoms with Crippen LogP contribution in [0.2, 0.25) is 0 Å². The van der Waals surface area contributed by atoms with Crippen molar-refractivity contribution in [3.05, 3.63) is 7.43 Å². The third kappa shape index (κ3) is 8.01. The minimum atomic E-state index is 0. The average molecular weight is 457 g/mol. The van der Waals surface area contributed by atoms with Crippen molar-refractivity contribution in [2.24, 2.45) is 59.2 Å². The van der Waals surface area contributed by atoms with Gasteiger partial charge in [0.2, 0.25) is 0 Å². The molecule has 3 aliphatic rings. The number of rotatable bonds is 0. The molecule has 3 rings (SSSR count). The van der Waals surface area contributed by atoms with E-state index in [4.69, 9.17) is 4.74 Å². The van der Waals surface area contributed by atoms with E-state index in [9.17, 15) is 0 Å². The predicted molar refractivity (Wildman–Crippen MR) is 118 cm³/mol. The van der Waals surface area contributed by atoms with E-state index in [0.717, 1.165) is 72.4 Å². The first-order valence-electron chi connectivity index (χ1n) is 11.2. The molecule has 0 aromatic carbocycles. The molecule has 0 spiro atoms. The third-order valence-corrected chi connectivity index (χ3v) is 9.12. The van der Waals surface area contributed by atoms with Gasteiger partial charge in [-0.05, 0) is 72.0 Å². The maximum absolute atomic E-state index is 4.94. The van der Waals surface area contributed by atoms with Gasteiger partial charge in [0.25, 0.3) is 0 Å². The van der Waals surface area contributed by atoms with Crippen LogP contribution in [-0.2, 0) is 37.4 Å². The Hall–Kier alpha value is 1.06. The average Bonchev–Trinajstić information content (AvgIpc) is 3.29. The molecule has 3 fully saturated rings. The zero-order valence-electron chi connectivity index (χ0n) is 20.6. The fourth-order valence-electron chi connectivity index (χ4n) is 5.30. The Morgan fingerprint density at radius 2 is 0.556 bits per heavy atom. The van der Waals surface area contributed by atoms with E-state index >= 15 is 0 Å². The Labute approximate surface area is 198 Å². The van der Waals surface area contributed by atoms with Crippen molar-refractivity contribution in [1.29, 1.82) is 0 Å². The van der Waals surface area contributed by atoms with Crippen LogP contribution in [-0.4, -0.2) is 13.2 Å². The van der Waals surface area contributed by atoms with E-state index in [0.29, 0.717) is 0 Å². The topological polar surface area (TPSA) is 9.23 Å². The molecular formula is C25H51OY+2. The van der Waals surface area contributed by atoms with Crippen LogP contribution < -0.4 is 0 Å². The molecule has 158 valence electrons.